The van der Waals surface area contributed by atoms with Crippen LogP contribution in [0.1, 0.15) is 40.5 Å². The standard InChI is InChI=1S/C14H28N2O3/c1-9(2)6-11(8-15)7-12(17)16-13(10(3)4)14(18)19-5/h9-11,13H,6-8,15H2,1-5H3,(H,16,17)/t11?,13-/m0/s1. The van der Waals surface area contributed by atoms with Crippen LogP contribution in [-0.4, -0.2) is 31.6 Å². The quantitative estimate of drug-likeness (QED) is 0.653. The van der Waals surface area contributed by atoms with Gasteiger partial charge in [0.05, 0.1) is 7.11 Å². The number of hydrogen-bond donors (Lipinski definition) is 2. The number of ether oxygens (including phenoxy) is 1. The van der Waals surface area contributed by atoms with Gasteiger partial charge in [-0.15, -0.1) is 0 Å². The monoisotopic (exact) mass is 272 g/mol. The molecule has 0 heterocycles. The van der Waals surface area contributed by atoms with E-state index in [1.54, 1.807) is 0 Å². The van der Waals surface area contributed by atoms with Crippen LogP contribution in [0.4, 0.5) is 0 Å². The number of rotatable bonds is 8. The zero-order chi connectivity index (χ0) is 15.0. The second-order valence-corrected chi connectivity index (χ2v) is 5.75. The Morgan fingerprint density at radius 1 is 1.21 bits per heavy atom. The minimum atomic E-state index is -0.588. The molecule has 3 N–H and O–H groups in total. The van der Waals surface area contributed by atoms with Crippen LogP contribution in [-0.2, 0) is 14.3 Å². The lowest BCUT2D eigenvalue weighted by Crippen LogP contribution is -2.45. The molecule has 0 rings (SSSR count). The predicted octanol–water partition coefficient (Wildman–Crippen LogP) is 1.31. The van der Waals surface area contributed by atoms with Crippen molar-refractivity contribution in [1.82, 2.24) is 5.32 Å². The molecule has 0 aliphatic carbocycles. The van der Waals surface area contributed by atoms with Crippen LogP contribution >= 0.6 is 0 Å². The van der Waals surface area contributed by atoms with Crippen LogP contribution in [0.3, 0.4) is 0 Å². The van der Waals surface area contributed by atoms with Crippen molar-refractivity contribution in [3.63, 3.8) is 0 Å². The molecule has 0 fully saturated rings. The van der Waals surface area contributed by atoms with Crippen molar-refractivity contribution in [2.45, 2.75) is 46.6 Å². The number of nitrogens with two attached hydrogens (primary N) is 1. The molecule has 19 heavy (non-hydrogen) atoms. The zero-order valence-corrected chi connectivity index (χ0v) is 12.7. The lowest BCUT2D eigenvalue weighted by molar-refractivity contribution is -0.146. The average Bonchev–Trinajstić information content (AvgIpc) is 2.33. The molecule has 0 aromatic carbocycles. The Labute approximate surface area is 116 Å². The normalized spacial score (nSPS) is 14.3. The third-order valence-electron chi connectivity index (χ3n) is 3.05. The van der Waals surface area contributed by atoms with Gasteiger partial charge < -0.3 is 15.8 Å². The molecule has 0 saturated heterocycles. The van der Waals surface area contributed by atoms with Crippen molar-refractivity contribution in [3.05, 3.63) is 0 Å². The maximum absolute atomic E-state index is 12.0. The molecule has 112 valence electrons. The smallest absolute Gasteiger partial charge is 0.328 e. The lowest BCUT2D eigenvalue weighted by Gasteiger charge is -2.22. The van der Waals surface area contributed by atoms with Crippen molar-refractivity contribution in [2.24, 2.45) is 23.5 Å². The predicted molar refractivity (Wildman–Crippen MR) is 75.4 cm³/mol. The summed E-state index contributed by atoms with van der Waals surface area (Å²) in [6.07, 6.45) is 1.27. The highest BCUT2D eigenvalue weighted by Gasteiger charge is 2.25. The van der Waals surface area contributed by atoms with Crippen molar-refractivity contribution >= 4 is 11.9 Å². The van der Waals surface area contributed by atoms with E-state index < -0.39 is 12.0 Å². The first-order valence-corrected chi connectivity index (χ1v) is 6.89. The molecule has 0 saturated carbocycles. The molecule has 5 heteroatoms. The fourth-order valence-corrected chi connectivity index (χ4v) is 2.05. The maximum Gasteiger partial charge on any atom is 0.328 e. The van der Waals surface area contributed by atoms with Gasteiger partial charge in [-0.3, -0.25) is 4.79 Å². The van der Waals surface area contributed by atoms with E-state index in [-0.39, 0.29) is 17.7 Å². The zero-order valence-electron chi connectivity index (χ0n) is 12.7. The summed E-state index contributed by atoms with van der Waals surface area (Å²) in [5.41, 5.74) is 5.67. The summed E-state index contributed by atoms with van der Waals surface area (Å²) in [6, 6.07) is -0.588. The van der Waals surface area contributed by atoms with Gasteiger partial charge in [-0.1, -0.05) is 27.7 Å². The average molecular weight is 272 g/mol. The van der Waals surface area contributed by atoms with E-state index in [2.05, 4.69) is 19.2 Å². The maximum atomic E-state index is 12.0. The molecule has 1 unspecified atom stereocenters. The molecule has 0 bridgehead atoms. The Bertz CT molecular complexity index is 290. The van der Waals surface area contributed by atoms with E-state index in [1.165, 1.54) is 7.11 Å². The minimum Gasteiger partial charge on any atom is -0.467 e. The molecular formula is C14H28N2O3. The topological polar surface area (TPSA) is 81.4 Å². The van der Waals surface area contributed by atoms with Crippen molar-refractivity contribution < 1.29 is 14.3 Å². The molecule has 0 aromatic heterocycles. The van der Waals surface area contributed by atoms with Crippen LogP contribution in [0.5, 0.6) is 0 Å². The van der Waals surface area contributed by atoms with Gasteiger partial charge in [0.1, 0.15) is 6.04 Å². The molecule has 0 radical (unpaired) electrons. The Kier molecular flexibility index (Phi) is 8.39. The van der Waals surface area contributed by atoms with Gasteiger partial charge >= 0.3 is 5.97 Å². The van der Waals surface area contributed by atoms with Gasteiger partial charge in [0.2, 0.25) is 5.91 Å². The van der Waals surface area contributed by atoms with Crippen molar-refractivity contribution in [1.29, 1.82) is 0 Å². The SMILES string of the molecule is COC(=O)[C@@H](NC(=O)CC(CN)CC(C)C)C(C)C. The first-order valence-electron chi connectivity index (χ1n) is 6.89. The van der Waals surface area contributed by atoms with E-state index >= 15 is 0 Å². The number of carbonyl (C=O) groups is 2. The highest BCUT2D eigenvalue weighted by molar-refractivity contribution is 5.84. The summed E-state index contributed by atoms with van der Waals surface area (Å²) in [7, 11) is 1.32. The number of carbonyl (C=O) groups excluding carboxylic acids is 2. The molecule has 5 nitrogen and oxygen atoms in total. The van der Waals surface area contributed by atoms with E-state index in [4.69, 9.17) is 10.5 Å². The van der Waals surface area contributed by atoms with Gasteiger partial charge in [0.15, 0.2) is 0 Å². The number of esters is 1. The minimum absolute atomic E-state index is 0.00201. The Morgan fingerprint density at radius 2 is 1.79 bits per heavy atom. The van der Waals surface area contributed by atoms with E-state index in [9.17, 15) is 9.59 Å². The summed E-state index contributed by atoms with van der Waals surface area (Å²) in [6.45, 7) is 8.43. The second kappa shape index (κ2) is 8.91. The van der Waals surface area contributed by atoms with Crippen LogP contribution in [0.15, 0.2) is 0 Å². The van der Waals surface area contributed by atoms with Crippen LogP contribution in [0.25, 0.3) is 0 Å². The van der Waals surface area contributed by atoms with E-state index in [0.29, 0.717) is 18.9 Å². The highest BCUT2D eigenvalue weighted by atomic mass is 16.5. The molecular weight excluding hydrogens is 244 g/mol. The van der Waals surface area contributed by atoms with Crippen LogP contribution < -0.4 is 11.1 Å². The number of amides is 1. The lowest BCUT2D eigenvalue weighted by atomic mass is 9.93. The Hall–Kier alpha value is -1.10. The number of methoxy groups -OCH3 is 1. The fraction of sp³-hybridized carbons (Fsp3) is 0.857. The molecule has 0 spiro atoms. The van der Waals surface area contributed by atoms with Gasteiger partial charge in [-0.25, -0.2) is 4.79 Å². The van der Waals surface area contributed by atoms with Gasteiger partial charge in [0, 0.05) is 6.42 Å². The third kappa shape index (κ3) is 7.15. The van der Waals surface area contributed by atoms with Crippen LogP contribution in [0.2, 0.25) is 0 Å². The summed E-state index contributed by atoms with van der Waals surface area (Å²) in [5, 5.41) is 2.74. The number of nitrogens with one attached hydrogen (secondary N) is 1. The summed E-state index contributed by atoms with van der Waals surface area (Å²) < 4.78 is 4.69. The first kappa shape index (κ1) is 17.9. The summed E-state index contributed by atoms with van der Waals surface area (Å²) in [4.78, 5) is 23.5. The molecule has 0 aromatic rings. The Morgan fingerprint density at radius 3 is 2.16 bits per heavy atom. The Balaban J connectivity index is 4.44. The largest absolute Gasteiger partial charge is 0.467 e. The van der Waals surface area contributed by atoms with Gasteiger partial charge in [-0.05, 0) is 30.7 Å². The molecule has 1 amide bonds. The highest BCUT2D eigenvalue weighted by Crippen LogP contribution is 2.14. The van der Waals surface area contributed by atoms with Crippen molar-refractivity contribution in [3.8, 4) is 0 Å². The van der Waals surface area contributed by atoms with Gasteiger partial charge in [0.25, 0.3) is 0 Å². The second-order valence-electron chi connectivity index (χ2n) is 5.75. The third-order valence-corrected chi connectivity index (χ3v) is 3.05. The molecule has 0 aliphatic heterocycles. The van der Waals surface area contributed by atoms with E-state index in [0.717, 1.165) is 6.42 Å². The number of hydrogen-bond acceptors (Lipinski definition) is 4. The molecule has 0 aliphatic rings. The van der Waals surface area contributed by atoms with Crippen LogP contribution in [0, 0.1) is 17.8 Å². The summed E-state index contributed by atoms with van der Waals surface area (Å²) >= 11 is 0. The summed E-state index contributed by atoms with van der Waals surface area (Å²) in [5.74, 6) is 0.114. The van der Waals surface area contributed by atoms with E-state index in [1.807, 2.05) is 13.8 Å². The van der Waals surface area contributed by atoms with Gasteiger partial charge in [-0.2, -0.15) is 0 Å². The molecule has 2 atom stereocenters. The van der Waals surface area contributed by atoms with Crippen molar-refractivity contribution in [2.75, 3.05) is 13.7 Å². The first-order chi connectivity index (χ1) is 8.81. The fourth-order valence-electron chi connectivity index (χ4n) is 2.05.